The van der Waals surface area contributed by atoms with Gasteiger partial charge in [0.25, 0.3) is 0 Å². The van der Waals surface area contributed by atoms with E-state index in [-0.39, 0.29) is 23.7 Å². The number of hydrogen-bond acceptors (Lipinski definition) is 7. The van der Waals surface area contributed by atoms with Crippen molar-refractivity contribution in [1.29, 1.82) is 0 Å². The van der Waals surface area contributed by atoms with Gasteiger partial charge in [-0.25, -0.2) is 0 Å². The van der Waals surface area contributed by atoms with Crippen LogP contribution >= 0.6 is 0 Å². The van der Waals surface area contributed by atoms with Gasteiger partial charge in [-0.2, -0.15) is 4.98 Å². The molecule has 1 atom stereocenters. The van der Waals surface area contributed by atoms with Gasteiger partial charge in [0.15, 0.2) is 0 Å². The minimum absolute atomic E-state index is 0.0237. The summed E-state index contributed by atoms with van der Waals surface area (Å²) in [7, 11) is 0. The van der Waals surface area contributed by atoms with E-state index in [9.17, 15) is 9.59 Å². The van der Waals surface area contributed by atoms with Crippen molar-refractivity contribution in [2.45, 2.75) is 39.2 Å². The first-order chi connectivity index (χ1) is 15.1. The molecular formula is C23H30N4O4. The van der Waals surface area contributed by atoms with Gasteiger partial charge in [-0.05, 0) is 39.2 Å². The average molecular weight is 427 g/mol. The second-order valence-electron chi connectivity index (χ2n) is 8.30. The molecule has 1 unspecified atom stereocenters. The fourth-order valence-electron chi connectivity index (χ4n) is 4.47. The third-order valence-corrected chi connectivity index (χ3v) is 6.14. The second kappa shape index (κ2) is 10.0. The smallest absolute Gasteiger partial charge is 0.309 e. The van der Waals surface area contributed by atoms with Gasteiger partial charge in [-0.15, -0.1) is 0 Å². The van der Waals surface area contributed by atoms with Gasteiger partial charge in [0.2, 0.25) is 17.6 Å². The van der Waals surface area contributed by atoms with Crippen molar-refractivity contribution in [2.75, 3.05) is 32.8 Å². The molecule has 31 heavy (non-hydrogen) atoms. The third kappa shape index (κ3) is 5.31. The highest BCUT2D eigenvalue weighted by Crippen LogP contribution is 2.25. The summed E-state index contributed by atoms with van der Waals surface area (Å²) >= 11 is 0. The zero-order valence-electron chi connectivity index (χ0n) is 18.0. The van der Waals surface area contributed by atoms with E-state index in [1.165, 1.54) is 0 Å². The van der Waals surface area contributed by atoms with E-state index >= 15 is 0 Å². The van der Waals surface area contributed by atoms with E-state index < -0.39 is 0 Å². The molecule has 1 aromatic heterocycles. The van der Waals surface area contributed by atoms with Crippen molar-refractivity contribution in [3.05, 3.63) is 36.2 Å². The van der Waals surface area contributed by atoms with E-state index in [2.05, 4.69) is 15.0 Å². The number of rotatable bonds is 6. The van der Waals surface area contributed by atoms with Gasteiger partial charge in [0.05, 0.1) is 25.0 Å². The molecule has 2 fully saturated rings. The van der Waals surface area contributed by atoms with Gasteiger partial charge in [0.1, 0.15) is 0 Å². The van der Waals surface area contributed by atoms with E-state index in [4.69, 9.17) is 9.26 Å². The lowest BCUT2D eigenvalue weighted by molar-refractivity contribution is -0.152. The molecule has 8 nitrogen and oxygen atoms in total. The van der Waals surface area contributed by atoms with E-state index in [0.29, 0.717) is 57.3 Å². The number of piperidine rings is 2. The zero-order valence-corrected chi connectivity index (χ0v) is 18.0. The number of ether oxygens (including phenoxy) is 1. The highest BCUT2D eigenvalue weighted by molar-refractivity contribution is 5.80. The van der Waals surface area contributed by atoms with Crippen LogP contribution in [0.3, 0.4) is 0 Å². The topological polar surface area (TPSA) is 88.8 Å². The van der Waals surface area contributed by atoms with Crippen molar-refractivity contribution in [3.63, 3.8) is 0 Å². The lowest BCUT2D eigenvalue weighted by Crippen LogP contribution is -2.47. The molecule has 1 amide bonds. The van der Waals surface area contributed by atoms with Crippen LogP contribution in [-0.2, 0) is 20.9 Å². The molecule has 166 valence electrons. The normalized spacial score (nSPS) is 20.5. The lowest BCUT2D eigenvalue weighted by atomic mass is 9.93. The van der Waals surface area contributed by atoms with Crippen LogP contribution in [0.2, 0.25) is 0 Å². The minimum Gasteiger partial charge on any atom is -0.466 e. The fraction of sp³-hybridized carbons (Fsp3) is 0.565. The van der Waals surface area contributed by atoms with Gasteiger partial charge in [-0.3, -0.25) is 14.5 Å². The van der Waals surface area contributed by atoms with Crippen LogP contribution in [0.25, 0.3) is 11.4 Å². The van der Waals surface area contributed by atoms with Gasteiger partial charge in [0, 0.05) is 25.2 Å². The number of amides is 1. The molecule has 0 bridgehead atoms. The third-order valence-electron chi connectivity index (χ3n) is 6.14. The SMILES string of the molecule is CCOC(=O)C1CCN(C(=O)C2CCCN(Cc3nc(-c4ccccc4)no3)C2)CC1. The number of likely N-dealkylation sites (tertiary alicyclic amines) is 2. The van der Waals surface area contributed by atoms with Crippen LogP contribution < -0.4 is 0 Å². The summed E-state index contributed by atoms with van der Waals surface area (Å²) in [6.45, 7) is 5.64. The Morgan fingerprint density at radius 2 is 1.87 bits per heavy atom. The Morgan fingerprint density at radius 1 is 1.10 bits per heavy atom. The van der Waals surface area contributed by atoms with E-state index in [1.807, 2.05) is 42.2 Å². The minimum atomic E-state index is -0.132. The van der Waals surface area contributed by atoms with Crippen molar-refractivity contribution >= 4 is 11.9 Å². The number of aromatic nitrogens is 2. The monoisotopic (exact) mass is 426 g/mol. The van der Waals surface area contributed by atoms with Crippen molar-refractivity contribution in [2.24, 2.45) is 11.8 Å². The van der Waals surface area contributed by atoms with Gasteiger partial charge < -0.3 is 14.2 Å². The molecule has 0 spiro atoms. The molecule has 0 aliphatic carbocycles. The maximum absolute atomic E-state index is 13.1. The quantitative estimate of drug-likeness (QED) is 0.656. The predicted octanol–water partition coefficient (Wildman–Crippen LogP) is 2.75. The molecule has 0 radical (unpaired) electrons. The second-order valence-corrected chi connectivity index (χ2v) is 8.30. The maximum atomic E-state index is 13.1. The highest BCUT2D eigenvalue weighted by Gasteiger charge is 2.33. The molecule has 2 aliphatic heterocycles. The molecule has 1 aromatic carbocycles. The van der Waals surface area contributed by atoms with Gasteiger partial charge >= 0.3 is 5.97 Å². The Bertz CT molecular complexity index is 877. The molecule has 2 saturated heterocycles. The Hall–Kier alpha value is -2.74. The van der Waals surface area contributed by atoms with Crippen LogP contribution in [0.1, 0.15) is 38.5 Å². The Labute approximate surface area is 182 Å². The van der Waals surface area contributed by atoms with Crippen molar-refractivity contribution in [3.8, 4) is 11.4 Å². The number of carbonyl (C=O) groups is 2. The van der Waals surface area contributed by atoms with Crippen LogP contribution in [0, 0.1) is 11.8 Å². The standard InChI is InChI=1S/C23H30N4O4/c1-2-30-23(29)18-10-13-27(14-11-18)22(28)19-9-6-12-26(15-19)16-20-24-21(25-31-20)17-7-4-3-5-8-17/h3-5,7-8,18-19H,2,6,9-16H2,1H3. The number of hydrogen-bond donors (Lipinski definition) is 0. The molecule has 2 aliphatic rings. The summed E-state index contributed by atoms with van der Waals surface area (Å²) in [6.07, 6.45) is 3.23. The van der Waals surface area contributed by atoms with Crippen molar-refractivity contribution < 1.29 is 18.8 Å². The number of benzene rings is 1. The summed E-state index contributed by atoms with van der Waals surface area (Å²) < 4.78 is 10.6. The predicted molar refractivity (Wildman–Crippen MR) is 114 cm³/mol. The number of carbonyl (C=O) groups excluding carboxylic acids is 2. The molecule has 3 heterocycles. The summed E-state index contributed by atoms with van der Waals surface area (Å²) in [5.41, 5.74) is 0.926. The van der Waals surface area contributed by atoms with Crippen molar-refractivity contribution in [1.82, 2.24) is 19.9 Å². The first-order valence-corrected chi connectivity index (χ1v) is 11.2. The molecule has 0 N–H and O–H groups in total. The first kappa shape index (κ1) is 21.5. The molecule has 2 aromatic rings. The Morgan fingerprint density at radius 3 is 2.61 bits per heavy atom. The maximum Gasteiger partial charge on any atom is 0.309 e. The number of nitrogens with zero attached hydrogens (tertiary/aromatic N) is 4. The average Bonchev–Trinajstić information content (AvgIpc) is 3.28. The van der Waals surface area contributed by atoms with Crippen LogP contribution in [0.15, 0.2) is 34.9 Å². The number of esters is 1. The van der Waals surface area contributed by atoms with E-state index in [0.717, 1.165) is 24.9 Å². The largest absolute Gasteiger partial charge is 0.466 e. The van der Waals surface area contributed by atoms with Crippen LogP contribution in [0.4, 0.5) is 0 Å². The highest BCUT2D eigenvalue weighted by atomic mass is 16.5. The zero-order chi connectivity index (χ0) is 21.6. The van der Waals surface area contributed by atoms with E-state index in [1.54, 1.807) is 0 Å². The Kier molecular flexibility index (Phi) is 6.96. The lowest BCUT2D eigenvalue weighted by Gasteiger charge is -2.37. The molecule has 4 rings (SSSR count). The van der Waals surface area contributed by atoms with Crippen LogP contribution in [0.5, 0.6) is 0 Å². The molecular weight excluding hydrogens is 396 g/mol. The summed E-state index contributed by atoms with van der Waals surface area (Å²) in [5.74, 6) is 1.12. The summed E-state index contributed by atoms with van der Waals surface area (Å²) in [4.78, 5) is 33.7. The molecule has 0 saturated carbocycles. The first-order valence-electron chi connectivity index (χ1n) is 11.2. The van der Waals surface area contributed by atoms with Gasteiger partial charge in [-0.1, -0.05) is 35.5 Å². The molecule has 8 heteroatoms. The fourth-order valence-corrected chi connectivity index (χ4v) is 4.47. The Balaban J connectivity index is 1.29. The van der Waals surface area contributed by atoms with Crippen LogP contribution in [-0.4, -0.2) is 64.6 Å². The summed E-state index contributed by atoms with van der Waals surface area (Å²) in [6, 6.07) is 9.75. The summed E-state index contributed by atoms with van der Waals surface area (Å²) in [5, 5.41) is 4.09.